The second kappa shape index (κ2) is 11.4. The van der Waals surface area contributed by atoms with Crippen LogP contribution in [-0.2, 0) is 13.1 Å². The minimum absolute atomic E-state index is 0.0468. The van der Waals surface area contributed by atoms with E-state index in [9.17, 15) is 19.2 Å². The fourth-order valence-electron chi connectivity index (χ4n) is 5.46. The molecule has 8 heteroatoms. The molecule has 0 bridgehead atoms. The molecule has 0 fully saturated rings. The van der Waals surface area contributed by atoms with Gasteiger partial charge in [0.25, 0.3) is 22.2 Å². The molecular weight excluding hydrogens is 532 g/mol. The van der Waals surface area contributed by atoms with Crippen LogP contribution in [0.4, 0.5) is 0 Å². The van der Waals surface area contributed by atoms with Gasteiger partial charge >= 0.3 is 0 Å². The monoisotopic (exact) mass is 568 g/mol. The Kier molecular flexibility index (Phi) is 7.91. The molecule has 5 rings (SSSR count). The molecule has 0 amide bonds. The normalized spacial score (nSPS) is 11.8. The van der Waals surface area contributed by atoms with E-state index in [4.69, 9.17) is 9.47 Å². The first-order valence-electron chi connectivity index (χ1n) is 14.3. The van der Waals surface area contributed by atoms with Crippen molar-refractivity contribution in [3.8, 4) is 11.5 Å². The lowest BCUT2D eigenvalue weighted by molar-refractivity contribution is 0.291. The van der Waals surface area contributed by atoms with E-state index in [1.165, 1.54) is 12.1 Å². The SMILES string of the molecule is Cc1ccc(C(C)C)c(OCCn2c(=O)c3cc4c(=O)n(CCOc5cc(C)ccc5C(C)C)c(=O)c4cc3c2=O)c1. The molecule has 2 heterocycles. The first kappa shape index (κ1) is 29.0. The number of fused-ring (bicyclic) bond motifs is 2. The van der Waals surface area contributed by atoms with Crippen LogP contribution in [0.2, 0.25) is 0 Å². The van der Waals surface area contributed by atoms with Gasteiger partial charge in [0.05, 0.1) is 34.6 Å². The second-order valence-corrected chi connectivity index (χ2v) is 11.6. The topological polar surface area (TPSA) is 96.6 Å². The van der Waals surface area contributed by atoms with E-state index in [1.807, 2.05) is 50.2 Å². The highest BCUT2D eigenvalue weighted by molar-refractivity contribution is 5.97. The third kappa shape index (κ3) is 5.29. The van der Waals surface area contributed by atoms with Crippen LogP contribution >= 0.6 is 0 Å². The Hall–Kier alpha value is -4.46. The maximum absolute atomic E-state index is 13.2. The number of aromatic nitrogens is 2. The van der Waals surface area contributed by atoms with Crippen LogP contribution in [0.25, 0.3) is 21.5 Å². The minimum Gasteiger partial charge on any atom is -0.491 e. The highest BCUT2D eigenvalue weighted by Crippen LogP contribution is 2.28. The van der Waals surface area contributed by atoms with E-state index >= 15 is 0 Å². The van der Waals surface area contributed by atoms with Crippen LogP contribution < -0.4 is 31.7 Å². The van der Waals surface area contributed by atoms with Crippen LogP contribution in [0.1, 0.15) is 61.8 Å². The average Bonchev–Trinajstić information content (AvgIpc) is 3.31. The zero-order valence-electron chi connectivity index (χ0n) is 24.9. The molecular formula is C34H36N2O6. The molecule has 0 N–H and O–H groups in total. The first-order chi connectivity index (χ1) is 20.0. The summed E-state index contributed by atoms with van der Waals surface area (Å²) in [6, 6.07) is 14.7. The van der Waals surface area contributed by atoms with Crippen molar-refractivity contribution < 1.29 is 9.47 Å². The summed E-state index contributed by atoms with van der Waals surface area (Å²) < 4.78 is 14.2. The van der Waals surface area contributed by atoms with E-state index in [1.54, 1.807) is 0 Å². The number of hydrogen-bond acceptors (Lipinski definition) is 6. The molecule has 0 aliphatic rings. The van der Waals surface area contributed by atoms with E-state index in [2.05, 4.69) is 27.7 Å². The summed E-state index contributed by atoms with van der Waals surface area (Å²) in [5.74, 6) is 1.96. The van der Waals surface area contributed by atoms with Crippen LogP contribution in [0.3, 0.4) is 0 Å². The van der Waals surface area contributed by atoms with Gasteiger partial charge in [-0.15, -0.1) is 0 Å². The lowest BCUT2D eigenvalue weighted by Crippen LogP contribution is -2.28. The molecule has 42 heavy (non-hydrogen) atoms. The Morgan fingerprint density at radius 2 is 0.881 bits per heavy atom. The first-order valence-corrected chi connectivity index (χ1v) is 14.3. The predicted molar refractivity (Wildman–Crippen MR) is 166 cm³/mol. The van der Waals surface area contributed by atoms with Crippen molar-refractivity contribution in [2.24, 2.45) is 0 Å². The summed E-state index contributed by atoms with van der Waals surface area (Å²) in [7, 11) is 0. The van der Waals surface area contributed by atoms with Gasteiger partial charge in [0.2, 0.25) is 0 Å². The number of hydrogen-bond donors (Lipinski definition) is 0. The lowest BCUT2D eigenvalue weighted by Gasteiger charge is -2.14. The van der Waals surface area contributed by atoms with Crippen molar-refractivity contribution in [1.82, 2.24) is 9.13 Å². The molecule has 0 spiro atoms. The van der Waals surface area contributed by atoms with E-state index in [0.29, 0.717) is 0 Å². The number of benzene rings is 3. The Balaban J connectivity index is 1.39. The van der Waals surface area contributed by atoms with Gasteiger partial charge in [-0.05, 0) is 72.2 Å². The van der Waals surface area contributed by atoms with Crippen LogP contribution in [0.15, 0.2) is 67.7 Å². The average molecular weight is 569 g/mol. The maximum Gasteiger partial charge on any atom is 0.261 e. The van der Waals surface area contributed by atoms with Crippen molar-refractivity contribution in [3.63, 3.8) is 0 Å². The largest absolute Gasteiger partial charge is 0.491 e. The van der Waals surface area contributed by atoms with E-state index in [-0.39, 0.29) is 59.7 Å². The second-order valence-electron chi connectivity index (χ2n) is 11.6. The summed E-state index contributed by atoms with van der Waals surface area (Å²) in [6.45, 7) is 12.6. The van der Waals surface area contributed by atoms with Gasteiger partial charge in [0.1, 0.15) is 24.7 Å². The number of rotatable bonds is 10. The van der Waals surface area contributed by atoms with Gasteiger partial charge in [-0.3, -0.25) is 28.3 Å². The predicted octanol–water partition coefficient (Wildman–Crippen LogP) is 4.93. The summed E-state index contributed by atoms with van der Waals surface area (Å²) in [4.78, 5) is 52.8. The van der Waals surface area contributed by atoms with Crippen molar-refractivity contribution >= 4 is 21.5 Å². The molecule has 0 aliphatic carbocycles. The molecule has 0 saturated heterocycles. The Bertz CT molecular complexity index is 1780. The van der Waals surface area contributed by atoms with Gasteiger partial charge in [-0.1, -0.05) is 52.0 Å². The van der Waals surface area contributed by atoms with Crippen molar-refractivity contribution in [2.45, 2.75) is 66.5 Å². The molecule has 0 saturated carbocycles. The molecule has 0 atom stereocenters. The van der Waals surface area contributed by atoms with Gasteiger partial charge in [-0.25, -0.2) is 0 Å². The Morgan fingerprint density at radius 3 is 1.19 bits per heavy atom. The van der Waals surface area contributed by atoms with Crippen LogP contribution in [0.5, 0.6) is 11.5 Å². The van der Waals surface area contributed by atoms with Crippen LogP contribution in [0, 0.1) is 13.8 Å². The molecule has 8 nitrogen and oxygen atoms in total. The molecule has 218 valence electrons. The van der Waals surface area contributed by atoms with E-state index < -0.39 is 22.2 Å². The molecule has 5 aromatic rings. The smallest absolute Gasteiger partial charge is 0.261 e. The van der Waals surface area contributed by atoms with Gasteiger partial charge in [0, 0.05) is 0 Å². The quantitative estimate of drug-likeness (QED) is 0.237. The Morgan fingerprint density at radius 1 is 0.548 bits per heavy atom. The van der Waals surface area contributed by atoms with Crippen molar-refractivity contribution in [2.75, 3.05) is 13.2 Å². The maximum atomic E-state index is 13.2. The van der Waals surface area contributed by atoms with Crippen molar-refractivity contribution in [1.29, 1.82) is 0 Å². The third-order valence-electron chi connectivity index (χ3n) is 7.79. The fraction of sp³-hybridized carbons (Fsp3) is 0.353. The number of aryl methyl sites for hydroxylation is 2. The summed E-state index contributed by atoms with van der Waals surface area (Å²) in [5, 5.41) is 0.492. The summed E-state index contributed by atoms with van der Waals surface area (Å²) in [6.07, 6.45) is 0. The van der Waals surface area contributed by atoms with Gasteiger partial charge in [-0.2, -0.15) is 0 Å². The molecule has 2 aromatic heterocycles. The van der Waals surface area contributed by atoms with Gasteiger partial charge < -0.3 is 9.47 Å². The standard InChI is InChI=1S/C34H36N2O6/c1-19(2)23-9-7-21(5)15-29(23)41-13-11-35-31(37)25-17-27-28(18-26(25)32(35)38)34(40)36(33(27)39)12-14-42-30-16-22(6)8-10-24(30)20(3)4/h7-10,15-20H,11-14H2,1-6H3. The number of ether oxygens (including phenoxy) is 2. The molecule has 0 radical (unpaired) electrons. The Labute approximate surface area is 243 Å². The molecule has 0 unspecified atom stereocenters. The van der Waals surface area contributed by atoms with Crippen LogP contribution in [-0.4, -0.2) is 22.3 Å². The molecule has 3 aromatic carbocycles. The van der Waals surface area contributed by atoms with Gasteiger partial charge in [0.15, 0.2) is 0 Å². The van der Waals surface area contributed by atoms with E-state index in [0.717, 1.165) is 42.9 Å². The molecule has 0 aliphatic heterocycles. The third-order valence-corrected chi connectivity index (χ3v) is 7.79. The number of nitrogens with zero attached hydrogens (tertiary/aromatic N) is 2. The van der Waals surface area contributed by atoms with Crippen molar-refractivity contribution in [3.05, 3.63) is 112 Å². The summed E-state index contributed by atoms with van der Waals surface area (Å²) >= 11 is 0. The highest BCUT2D eigenvalue weighted by atomic mass is 16.5. The lowest BCUT2D eigenvalue weighted by atomic mass is 10.0. The zero-order chi connectivity index (χ0) is 30.3. The highest BCUT2D eigenvalue weighted by Gasteiger charge is 2.20. The summed E-state index contributed by atoms with van der Waals surface area (Å²) in [5.41, 5.74) is 2.19. The zero-order valence-corrected chi connectivity index (χ0v) is 24.9. The fourth-order valence-corrected chi connectivity index (χ4v) is 5.46. The minimum atomic E-state index is -0.502.